The van der Waals surface area contributed by atoms with Crippen molar-refractivity contribution < 1.29 is 28.5 Å². The lowest BCUT2D eigenvalue weighted by Gasteiger charge is -2.40. The summed E-state index contributed by atoms with van der Waals surface area (Å²) in [4.78, 5) is 32.3. The number of carbonyl (C=O) groups is 2. The zero-order chi connectivity index (χ0) is 26.8. The third-order valence-corrected chi connectivity index (χ3v) is 6.92. The molecule has 0 fully saturated rings. The number of fused-ring (bicyclic) bond motifs is 3. The summed E-state index contributed by atoms with van der Waals surface area (Å²) in [7, 11) is 6.00. The molecule has 9 nitrogen and oxygen atoms in total. The number of urea groups is 1. The van der Waals surface area contributed by atoms with Crippen molar-refractivity contribution in [3.05, 3.63) is 83.6 Å². The van der Waals surface area contributed by atoms with Crippen molar-refractivity contribution >= 4 is 28.6 Å². The number of carbonyl (C=O) groups excluding carboxylic acids is 2. The van der Waals surface area contributed by atoms with Crippen LogP contribution in [-0.2, 0) is 16.0 Å². The molecule has 0 bridgehead atoms. The van der Waals surface area contributed by atoms with Crippen molar-refractivity contribution in [2.75, 3.05) is 33.8 Å². The molecular formula is C29H29N3O6. The Kier molecular flexibility index (Phi) is 6.83. The van der Waals surface area contributed by atoms with E-state index in [1.54, 1.807) is 32.4 Å². The van der Waals surface area contributed by atoms with Gasteiger partial charge in [0.15, 0.2) is 0 Å². The SMILES string of the molecule is COC(=O)[C@H]1Cc2c([nH]c3ccccc23)[C@H](c2ccc(OC)cc2)N1C(=O)Nc1ccc(OC)cc1OC. The largest absolute Gasteiger partial charge is 0.497 e. The second-order valence-electron chi connectivity index (χ2n) is 8.89. The minimum atomic E-state index is -0.872. The van der Waals surface area contributed by atoms with E-state index in [4.69, 9.17) is 18.9 Å². The third kappa shape index (κ3) is 4.36. The molecule has 0 aliphatic carbocycles. The first-order valence-electron chi connectivity index (χ1n) is 12.1. The Hall–Kier alpha value is -4.66. The van der Waals surface area contributed by atoms with Crippen LogP contribution in [0.4, 0.5) is 10.5 Å². The van der Waals surface area contributed by atoms with Gasteiger partial charge in [-0.25, -0.2) is 9.59 Å². The normalized spacial score (nSPS) is 16.5. The van der Waals surface area contributed by atoms with E-state index in [1.807, 2.05) is 48.5 Å². The number of anilines is 1. The number of nitrogens with one attached hydrogen (secondary N) is 2. The maximum Gasteiger partial charge on any atom is 0.329 e. The standard InChI is InChI=1S/C29H29N3O6/c1-35-18-11-9-17(10-12-18)27-26-21(20-7-5-6-8-22(20)30-26)16-24(28(33)38-4)32(27)29(34)31-23-14-13-19(36-2)15-25(23)37-3/h5-15,24,27,30H,16H2,1-4H3,(H,31,34)/t24-,27+/m1/s1. The van der Waals surface area contributed by atoms with Gasteiger partial charge in [0.05, 0.1) is 34.1 Å². The summed E-state index contributed by atoms with van der Waals surface area (Å²) in [6.45, 7) is 0. The topological polar surface area (TPSA) is 102 Å². The van der Waals surface area contributed by atoms with Crippen LogP contribution in [-0.4, -0.2) is 56.4 Å². The minimum Gasteiger partial charge on any atom is -0.497 e. The summed E-state index contributed by atoms with van der Waals surface area (Å²) in [5.41, 5.74) is 4.00. The van der Waals surface area contributed by atoms with Gasteiger partial charge in [-0.2, -0.15) is 0 Å². The van der Waals surface area contributed by atoms with E-state index in [1.165, 1.54) is 19.1 Å². The van der Waals surface area contributed by atoms with Gasteiger partial charge < -0.3 is 29.2 Å². The first-order valence-corrected chi connectivity index (χ1v) is 12.1. The van der Waals surface area contributed by atoms with E-state index in [0.29, 0.717) is 29.4 Å². The van der Waals surface area contributed by atoms with Crippen molar-refractivity contribution in [2.45, 2.75) is 18.5 Å². The van der Waals surface area contributed by atoms with Gasteiger partial charge in [0.1, 0.15) is 29.3 Å². The van der Waals surface area contributed by atoms with Crippen LogP contribution >= 0.6 is 0 Å². The number of amides is 2. The molecule has 1 aliphatic rings. The number of nitrogens with zero attached hydrogens (tertiary/aromatic N) is 1. The molecule has 1 aliphatic heterocycles. The highest BCUT2D eigenvalue weighted by Crippen LogP contribution is 2.42. The fourth-order valence-electron chi connectivity index (χ4n) is 5.07. The fourth-order valence-corrected chi connectivity index (χ4v) is 5.07. The highest BCUT2D eigenvalue weighted by atomic mass is 16.5. The summed E-state index contributed by atoms with van der Waals surface area (Å²) >= 11 is 0. The number of methoxy groups -OCH3 is 4. The van der Waals surface area contributed by atoms with Gasteiger partial charge in [-0.3, -0.25) is 4.90 Å². The Morgan fingerprint density at radius 3 is 2.29 bits per heavy atom. The zero-order valence-electron chi connectivity index (χ0n) is 21.6. The van der Waals surface area contributed by atoms with Crippen LogP contribution in [0.5, 0.6) is 17.2 Å². The van der Waals surface area contributed by atoms with E-state index >= 15 is 0 Å². The van der Waals surface area contributed by atoms with Crippen LogP contribution in [0.3, 0.4) is 0 Å². The van der Waals surface area contributed by atoms with Gasteiger partial charge in [0, 0.05) is 29.1 Å². The van der Waals surface area contributed by atoms with Gasteiger partial charge >= 0.3 is 12.0 Å². The van der Waals surface area contributed by atoms with Gasteiger partial charge in [-0.05, 0) is 41.5 Å². The van der Waals surface area contributed by atoms with Gasteiger partial charge in [-0.15, -0.1) is 0 Å². The molecule has 196 valence electrons. The second-order valence-corrected chi connectivity index (χ2v) is 8.89. The highest BCUT2D eigenvalue weighted by molar-refractivity contribution is 5.96. The summed E-state index contributed by atoms with van der Waals surface area (Å²) < 4.78 is 21.3. The molecule has 0 spiro atoms. The van der Waals surface area contributed by atoms with Gasteiger partial charge in [0.25, 0.3) is 0 Å². The smallest absolute Gasteiger partial charge is 0.329 e. The number of aromatic amines is 1. The number of hydrogen-bond acceptors (Lipinski definition) is 6. The van der Waals surface area contributed by atoms with Crippen molar-refractivity contribution in [1.29, 1.82) is 0 Å². The van der Waals surface area contributed by atoms with Crippen molar-refractivity contribution in [3.63, 3.8) is 0 Å². The molecule has 0 saturated carbocycles. The Labute approximate surface area is 220 Å². The van der Waals surface area contributed by atoms with Gasteiger partial charge in [0.2, 0.25) is 0 Å². The van der Waals surface area contributed by atoms with E-state index < -0.39 is 24.1 Å². The van der Waals surface area contributed by atoms with Crippen molar-refractivity contribution in [2.24, 2.45) is 0 Å². The molecule has 0 radical (unpaired) electrons. The maximum absolute atomic E-state index is 14.0. The predicted octanol–water partition coefficient (Wildman–Crippen LogP) is 4.91. The number of para-hydroxylation sites is 1. The third-order valence-electron chi connectivity index (χ3n) is 6.92. The Morgan fingerprint density at radius 2 is 1.61 bits per heavy atom. The zero-order valence-corrected chi connectivity index (χ0v) is 21.6. The monoisotopic (exact) mass is 515 g/mol. The lowest BCUT2D eigenvalue weighted by molar-refractivity contribution is -0.146. The first-order chi connectivity index (χ1) is 18.5. The van der Waals surface area contributed by atoms with Crippen LogP contribution in [0.1, 0.15) is 22.9 Å². The van der Waals surface area contributed by atoms with E-state index in [0.717, 1.165) is 27.7 Å². The number of esters is 1. The molecule has 4 aromatic rings. The number of aromatic nitrogens is 1. The average molecular weight is 516 g/mol. The molecule has 0 unspecified atom stereocenters. The molecule has 38 heavy (non-hydrogen) atoms. The van der Waals surface area contributed by atoms with E-state index in [-0.39, 0.29) is 0 Å². The number of benzene rings is 3. The second kappa shape index (κ2) is 10.4. The average Bonchev–Trinajstić information content (AvgIpc) is 3.34. The molecule has 2 atom stereocenters. The molecular weight excluding hydrogens is 486 g/mol. The van der Waals surface area contributed by atoms with E-state index in [9.17, 15) is 9.59 Å². The number of rotatable bonds is 6. The van der Waals surface area contributed by atoms with E-state index in [2.05, 4.69) is 10.3 Å². The fraction of sp³-hybridized carbons (Fsp3) is 0.241. The highest BCUT2D eigenvalue weighted by Gasteiger charge is 2.44. The molecule has 2 N–H and O–H groups in total. The lowest BCUT2D eigenvalue weighted by atomic mass is 9.88. The minimum absolute atomic E-state index is 0.297. The van der Waals surface area contributed by atoms with Crippen LogP contribution < -0.4 is 19.5 Å². The first kappa shape index (κ1) is 25.0. The summed E-state index contributed by atoms with van der Waals surface area (Å²) in [5, 5.41) is 3.94. The maximum atomic E-state index is 14.0. The quantitative estimate of drug-likeness (QED) is 0.354. The van der Waals surface area contributed by atoms with Crippen LogP contribution in [0.15, 0.2) is 66.7 Å². The number of H-pyrrole nitrogens is 1. The molecule has 2 amide bonds. The lowest BCUT2D eigenvalue weighted by Crippen LogP contribution is -2.53. The van der Waals surface area contributed by atoms with Crippen LogP contribution in [0.25, 0.3) is 10.9 Å². The number of ether oxygens (including phenoxy) is 4. The van der Waals surface area contributed by atoms with Crippen LogP contribution in [0.2, 0.25) is 0 Å². The van der Waals surface area contributed by atoms with Crippen LogP contribution in [0, 0.1) is 0 Å². The summed E-state index contributed by atoms with van der Waals surface area (Å²) in [6, 6.07) is 18.5. The molecule has 1 aromatic heterocycles. The molecule has 5 rings (SSSR count). The van der Waals surface area contributed by atoms with Gasteiger partial charge in [-0.1, -0.05) is 30.3 Å². The molecule has 2 heterocycles. The van der Waals surface area contributed by atoms with Crippen molar-refractivity contribution in [3.8, 4) is 17.2 Å². The Bertz CT molecular complexity index is 1480. The molecule has 9 heteroatoms. The Morgan fingerprint density at radius 1 is 0.895 bits per heavy atom. The molecule has 0 saturated heterocycles. The summed E-state index contributed by atoms with van der Waals surface area (Å²) in [5.74, 6) is 1.20. The summed E-state index contributed by atoms with van der Waals surface area (Å²) in [6.07, 6.45) is 0.297. The van der Waals surface area contributed by atoms with Crippen molar-refractivity contribution in [1.82, 2.24) is 9.88 Å². The number of hydrogen-bond donors (Lipinski definition) is 2. The Balaban J connectivity index is 1.65. The molecule has 3 aromatic carbocycles. The predicted molar refractivity (Wildman–Crippen MR) is 143 cm³/mol.